The van der Waals surface area contributed by atoms with Gasteiger partial charge in [0.2, 0.25) is 0 Å². The molecule has 0 saturated carbocycles. The Morgan fingerprint density at radius 2 is 2.20 bits per heavy atom. The van der Waals surface area contributed by atoms with Gasteiger partial charge in [0.15, 0.2) is 0 Å². The largest absolute Gasteiger partial charge is 0.374 e. The van der Waals surface area contributed by atoms with E-state index < -0.39 is 0 Å². The van der Waals surface area contributed by atoms with E-state index in [1.165, 1.54) is 35.2 Å². The van der Waals surface area contributed by atoms with Gasteiger partial charge in [-0.15, -0.1) is 0 Å². The van der Waals surface area contributed by atoms with Crippen LogP contribution in [0, 0.1) is 5.92 Å². The Morgan fingerprint density at radius 1 is 1.40 bits per heavy atom. The second kappa shape index (κ2) is 6.94. The van der Waals surface area contributed by atoms with Crippen molar-refractivity contribution in [2.75, 3.05) is 31.6 Å². The Balaban J connectivity index is 2.14. The summed E-state index contributed by atoms with van der Waals surface area (Å²) in [5.74, 6) is 0.593. The third kappa shape index (κ3) is 3.63. The van der Waals surface area contributed by atoms with E-state index in [1.807, 2.05) is 0 Å². The Kier molecular flexibility index (Phi) is 5.24. The maximum atomic E-state index is 3.52. The zero-order valence-electron chi connectivity index (χ0n) is 13.4. The van der Waals surface area contributed by atoms with Crippen LogP contribution in [0.2, 0.25) is 0 Å². The van der Waals surface area contributed by atoms with Gasteiger partial charge < -0.3 is 10.2 Å². The molecule has 110 valence electrons. The van der Waals surface area contributed by atoms with Crippen LogP contribution in [0.15, 0.2) is 23.8 Å². The summed E-state index contributed by atoms with van der Waals surface area (Å²) in [4.78, 5) is 2.34. The highest BCUT2D eigenvalue weighted by atomic mass is 15.1. The van der Waals surface area contributed by atoms with E-state index in [0.29, 0.717) is 5.92 Å². The van der Waals surface area contributed by atoms with Crippen LogP contribution >= 0.6 is 0 Å². The lowest BCUT2D eigenvalue weighted by atomic mass is 9.99. The van der Waals surface area contributed by atoms with Crippen LogP contribution in [-0.4, -0.2) is 26.7 Å². The highest BCUT2D eigenvalue weighted by Gasteiger charge is 2.15. The van der Waals surface area contributed by atoms with Crippen molar-refractivity contribution in [3.8, 4) is 0 Å². The first kappa shape index (κ1) is 15.1. The van der Waals surface area contributed by atoms with Gasteiger partial charge in [-0.2, -0.15) is 0 Å². The lowest BCUT2D eigenvalue weighted by molar-refractivity contribution is 0.657. The molecule has 1 aliphatic heterocycles. The summed E-state index contributed by atoms with van der Waals surface area (Å²) in [6.07, 6.45) is 4.74. The lowest BCUT2D eigenvalue weighted by Gasteiger charge is -2.14. The number of nitrogens with zero attached hydrogens (tertiary/aromatic N) is 1. The van der Waals surface area contributed by atoms with Crippen molar-refractivity contribution in [3.63, 3.8) is 0 Å². The van der Waals surface area contributed by atoms with Crippen molar-refractivity contribution in [1.29, 1.82) is 0 Å². The fourth-order valence-electron chi connectivity index (χ4n) is 2.72. The molecule has 1 heterocycles. The van der Waals surface area contributed by atoms with Crippen LogP contribution in [0.25, 0.3) is 6.08 Å². The van der Waals surface area contributed by atoms with Crippen molar-refractivity contribution >= 4 is 11.8 Å². The van der Waals surface area contributed by atoms with Gasteiger partial charge >= 0.3 is 0 Å². The molecule has 0 fully saturated rings. The normalized spacial score (nSPS) is 15.1. The van der Waals surface area contributed by atoms with Gasteiger partial charge in [-0.1, -0.05) is 38.5 Å². The van der Waals surface area contributed by atoms with Gasteiger partial charge in [-0.05, 0) is 48.6 Å². The van der Waals surface area contributed by atoms with E-state index >= 15 is 0 Å². The van der Waals surface area contributed by atoms with Gasteiger partial charge in [0.25, 0.3) is 0 Å². The summed E-state index contributed by atoms with van der Waals surface area (Å²) in [5, 5.41) is 3.52. The second-order valence-electron chi connectivity index (χ2n) is 6.11. The van der Waals surface area contributed by atoms with Crippen LogP contribution in [0.4, 0.5) is 5.69 Å². The molecule has 0 aliphatic carbocycles. The van der Waals surface area contributed by atoms with Crippen molar-refractivity contribution in [1.82, 2.24) is 5.32 Å². The zero-order chi connectivity index (χ0) is 14.5. The average Bonchev–Trinajstić information content (AvgIpc) is 2.79. The zero-order valence-corrected chi connectivity index (χ0v) is 13.4. The molecule has 0 atom stereocenters. The third-order valence-electron chi connectivity index (χ3n) is 4.08. The van der Waals surface area contributed by atoms with Crippen LogP contribution in [0.5, 0.6) is 0 Å². The predicted octanol–water partition coefficient (Wildman–Crippen LogP) is 3.72. The summed E-state index contributed by atoms with van der Waals surface area (Å²) >= 11 is 0. The number of fused-ring (bicyclic) bond motifs is 1. The predicted molar refractivity (Wildman–Crippen MR) is 89.4 cm³/mol. The molecule has 0 amide bonds. The Bertz CT molecular complexity index is 474. The molecule has 0 saturated heterocycles. The molecule has 2 heteroatoms. The third-order valence-corrected chi connectivity index (χ3v) is 4.08. The standard InChI is InChI=1S/C18H28N2/c1-5-9-19-13-17(14(2)3)12-15-6-7-18-16(11-15)8-10-20(18)4/h6-7,11-12,14,19H,5,8-10,13H2,1-4H3. The summed E-state index contributed by atoms with van der Waals surface area (Å²) in [5.41, 5.74) is 5.73. The smallest absolute Gasteiger partial charge is 0.0397 e. The van der Waals surface area contributed by atoms with Crippen LogP contribution in [0.3, 0.4) is 0 Å². The van der Waals surface area contributed by atoms with Gasteiger partial charge in [0.05, 0.1) is 0 Å². The first-order valence-corrected chi connectivity index (χ1v) is 7.87. The van der Waals surface area contributed by atoms with Crippen LogP contribution in [-0.2, 0) is 6.42 Å². The number of anilines is 1. The highest BCUT2D eigenvalue weighted by molar-refractivity contribution is 5.64. The lowest BCUT2D eigenvalue weighted by Crippen LogP contribution is -2.19. The summed E-state index contributed by atoms with van der Waals surface area (Å²) in [7, 11) is 2.18. The van der Waals surface area contributed by atoms with Crippen molar-refractivity contribution in [3.05, 3.63) is 34.9 Å². The van der Waals surface area contributed by atoms with E-state index in [0.717, 1.165) is 19.6 Å². The molecule has 2 nitrogen and oxygen atoms in total. The molecule has 1 aromatic carbocycles. The number of nitrogens with one attached hydrogen (secondary N) is 1. The Hall–Kier alpha value is -1.28. The van der Waals surface area contributed by atoms with Crippen molar-refractivity contribution in [2.24, 2.45) is 5.92 Å². The second-order valence-corrected chi connectivity index (χ2v) is 6.11. The van der Waals surface area contributed by atoms with Gasteiger partial charge in [0, 0.05) is 25.8 Å². The molecule has 1 N–H and O–H groups in total. The maximum absolute atomic E-state index is 3.52. The van der Waals surface area contributed by atoms with E-state index in [2.05, 4.69) is 62.3 Å². The van der Waals surface area contributed by atoms with Gasteiger partial charge in [0.1, 0.15) is 0 Å². The van der Waals surface area contributed by atoms with E-state index in [-0.39, 0.29) is 0 Å². The number of benzene rings is 1. The molecule has 0 bridgehead atoms. The molecule has 0 spiro atoms. The fraction of sp³-hybridized carbons (Fsp3) is 0.556. The van der Waals surface area contributed by atoms with Gasteiger partial charge in [-0.25, -0.2) is 0 Å². The topological polar surface area (TPSA) is 15.3 Å². The number of rotatable bonds is 6. The molecule has 0 aromatic heterocycles. The Morgan fingerprint density at radius 3 is 2.90 bits per heavy atom. The number of hydrogen-bond donors (Lipinski definition) is 1. The highest BCUT2D eigenvalue weighted by Crippen LogP contribution is 2.28. The van der Waals surface area contributed by atoms with E-state index in [1.54, 1.807) is 0 Å². The maximum Gasteiger partial charge on any atom is 0.0397 e. The van der Waals surface area contributed by atoms with Crippen molar-refractivity contribution in [2.45, 2.75) is 33.6 Å². The molecule has 0 unspecified atom stereocenters. The SMILES string of the molecule is CCCNCC(=Cc1ccc2c(c1)CCN2C)C(C)C. The minimum Gasteiger partial charge on any atom is -0.374 e. The molecular weight excluding hydrogens is 244 g/mol. The van der Waals surface area contributed by atoms with Gasteiger partial charge in [-0.3, -0.25) is 0 Å². The molecule has 0 radical (unpaired) electrons. The Labute approximate surface area is 123 Å². The molecule has 2 rings (SSSR count). The minimum absolute atomic E-state index is 0.593. The van der Waals surface area contributed by atoms with Crippen molar-refractivity contribution < 1.29 is 0 Å². The molecule has 1 aromatic rings. The van der Waals surface area contributed by atoms with E-state index in [4.69, 9.17) is 0 Å². The number of likely N-dealkylation sites (N-methyl/N-ethyl adjacent to an activating group) is 1. The minimum atomic E-state index is 0.593. The summed E-state index contributed by atoms with van der Waals surface area (Å²) < 4.78 is 0. The molecule has 1 aliphatic rings. The van der Waals surface area contributed by atoms with Crippen LogP contribution < -0.4 is 10.2 Å². The first-order chi connectivity index (χ1) is 9.61. The number of hydrogen-bond acceptors (Lipinski definition) is 2. The monoisotopic (exact) mass is 272 g/mol. The fourth-order valence-corrected chi connectivity index (χ4v) is 2.72. The van der Waals surface area contributed by atoms with E-state index in [9.17, 15) is 0 Å². The van der Waals surface area contributed by atoms with Crippen LogP contribution in [0.1, 0.15) is 38.3 Å². The quantitative estimate of drug-likeness (QED) is 0.794. The molecular formula is C18H28N2. The first-order valence-electron chi connectivity index (χ1n) is 7.87. The molecule has 20 heavy (non-hydrogen) atoms. The summed E-state index contributed by atoms with van der Waals surface area (Å²) in [6.45, 7) is 10.0. The summed E-state index contributed by atoms with van der Waals surface area (Å²) in [6, 6.07) is 6.88. The average molecular weight is 272 g/mol.